The molecule has 0 unspecified atom stereocenters. The van der Waals surface area contributed by atoms with Crippen molar-refractivity contribution < 1.29 is 22.7 Å². The van der Waals surface area contributed by atoms with Crippen LogP contribution >= 0.6 is 0 Å². The van der Waals surface area contributed by atoms with Gasteiger partial charge in [0.15, 0.2) is 0 Å². The van der Waals surface area contributed by atoms with Gasteiger partial charge in [-0.1, -0.05) is 6.08 Å². The molecular weight excluding hydrogens is 320 g/mol. The standard InChI is InChI=1S/C15H28N2O5S/c1-7-8-11(2)17(12-9-13(10-12)21-6)23(19,20)16-14(18)22-15(3,4)5/h7,11-13H,1,8-10H2,2-6H3,(H,16,18)/t11-,12-,13+/m0/s1. The quantitative estimate of drug-likeness (QED) is 0.713. The fraction of sp³-hybridized carbons (Fsp3) is 0.800. The summed E-state index contributed by atoms with van der Waals surface area (Å²) in [6, 6.07) is -0.509. The van der Waals surface area contributed by atoms with Crippen LogP contribution in [-0.4, -0.2) is 49.7 Å². The predicted octanol–water partition coefficient (Wildman–Crippen LogP) is 2.20. The Kier molecular flexibility index (Phi) is 6.61. The number of nitrogens with one attached hydrogen (secondary N) is 1. The van der Waals surface area contributed by atoms with Gasteiger partial charge in [0.1, 0.15) is 5.60 Å². The largest absolute Gasteiger partial charge is 0.443 e. The molecule has 1 amide bonds. The van der Waals surface area contributed by atoms with E-state index in [0.717, 1.165) is 0 Å². The van der Waals surface area contributed by atoms with Crippen molar-refractivity contribution in [3.63, 3.8) is 0 Å². The second kappa shape index (κ2) is 7.63. The molecule has 1 aliphatic rings. The number of rotatable bonds is 7. The van der Waals surface area contributed by atoms with Crippen LogP contribution < -0.4 is 4.72 Å². The lowest BCUT2D eigenvalue weighted by Crippen LogP contribution is -2.57. The molecule has 1 fully saturated rings. The number of ether oxygens (including phenoxy) is 2. The lowest BCUT2D eigenvalue weighted by Gasteiger charge is -2.43. The predicted molar refractivity (Wildman–Crippen MR) is 88.2 cm³/mol. The molecule has 0 heterocycles. The second-order valence-electron chi connectivity index (χ2n) is 6.80. The van der Waals surface area contributed by atoms with E-state index in [1.54, 1.807) is 40.9 Å². The summed E-state index contributed by atoms with van der Waals surface area (Å²) in [6.07, 6.45) is 2.43. The van der Waals surface area contributed by atoms with Crippen molar-refractivity contribution in [3.8, 4) is 0 Å². The fourth-order valence-electron chi connectivity index (χ4n) is 2.53. The Morgan fingerprint density at radius 2 is 2.00 bits per heavy atom. The van der Waals surface area contributed by atoms with E-state index >= 15 is 0 Å². The van der Waals surface area contributed by atoms with Gasteiger partial charge in [-0.3, -0.25) is 0 Å². The third-order valence-electron chi connectivity index (χ3n) is 3.59. The van der Waals surface area contributed by atoms with Crippen LogP contribution in [0.25, 0.3) is 0 Å². The van der Waals surface area contributed by atoms with Crippen LogP contribution in [0.15, 0.2) is 12.7 Å². The number of methoxy groups -OCH3 is 1. The van der Waals surface area contributed by atoms with Crippen molar-refractivity contribution in [3.05, 3.63) is 12.7 Å². The van der Waals surface area contributed by atoms with Gasteiger partial charge in [-0.15, -0.1) is 6.58 Å². The lowest BCUT2D eigenvalue weighted by atomic mass is 9.88. The van der Waals surface area contributed by atoms with Crippen LogP contribution in [0.2, 0.25) is 0 Å². The molecule has 1 N–H and O–H groups in total. The summed E-state index contributed by atoms with van der Waals surface area (Å²) in [5, 5.41) is 0. The number of carbonyl (C=O) groups excluding carboxylic acids is 1. The van der Waals surface area contributed by atoms with Gasteiger partial charge in [-0.25, -0.2) is 9.52 Å². The molecule has 0 bridgehead atoms. The summed E-state index contributed by atoms with van der Waals surface area (Å²) in [4.78, 5) is 11.8. The van der Waals surface area contributed by atoms with Gasteiger partial charge in [0, 0.05) is 19.2 Å². The summed E-state index contributed by atoms with van der Waals surface area (Å²) in [5.41, 5.74) is -0.769. The second-order valence-corrected chi connectivity index (χ2v) is 8.37. The summed E-state index contributed by atoms with van der Waals surface area (Å²) in [5.74, 6) is 0. The van der Waals surface area contributed by atoms with Crippen LogP contribution in [0.4, 0.5) is 4.79 Å². The first-order valence-electron chi connectivity index (χ1n) is 7.68. The Bertz CT molecular complexity index is 520. The Morgan fingerprint density at radius 3 is 2.43 bits per heavy atom. The number of nitrogens with zero attached hydrogens (tertiary/aromatic N) is 1. The molecule has 0 aromatic carbocycles. The van der Waals surface area contributed by atoms with Gasteiger partial charge in [0.05, 0.1) is 6.10 Å². The topological polar surface area (TPSA) is 84.9 Å². The van der Waals surface area contributed by atoms with E-state index < -0.39 is 21.9 Å². The first-order valence-corrected chi connectivity index (χ1v) is 9.12. The van der Waals surface area contributed by atoms with Gasteiger partial charge in [0.2, 0.25) is 0 Å². The lowest BCUT2D eigenvalue weighted by molar-refractivity contribution is -0.0111. The summed E-state index contributed by atoms with van der Waals surface area (Å²) in [7, 11) is -2.40. The fourth-order valence-corrected chi connectivity index (χ4v) is 4.02. The molecule has 23 heavy (non-hydrogen) atoms. The average molecular weight is 348 g/mol. The van der Waals surface area contributed by atoms with Crippen molar-refractivity contribution in [2.45, 2.75) is 70.7 Å². The molecule has 1 rings (SSSR count). The number of carbonyl (C=O) groups is 1. The van der Waals surface area contributed by atoms with Crippen LogP contribution in [-0.2, 0) is 19.7 Å². The van der Waals surface area contributed by atoms with Crippen LogP contribution in [0, 0.1) is 0 Å². The van der Waals surface area contributed by atoms with Gasteiger partial charge >= 0.3 is 16.3 Å². The average Bonchev–Trinajstić information content (AvgIpc) is 2.29. The molecule has 7 nitrogen and oxygen atoms in total. The van der Waals surface area contributed by atoms with Crippen molar-refractivity contribution >= 4 is 16.3 Å². The number of amides is 1. The van der Waals surface area contributed by atoms with Gasteiger partial charge < -0.3 is 9.47 Å². The zero-order chi connectivity index (χ0) is 17.8. The first kappa shape index (κ1) is 19.9. The Hall–Kier alpha value is -1.12. The Morgan fingerprint density at radius 1 is 1.43 bits per heavy atom. The van der Waals surface area contributed by atoms with Gasteiger partial charge in [0.25, 0.3) is 0 Å². The van der Waals surface area contributed by atoms with Crippen LogP contribution in [0.3, 0.4) is 0 Å². The summed E-state index contributed by atoms with van der Waals surface area (Å²) >= 11 is 0. The maximum atomic E-state index is 12.6. The number of hydrogen-bond donors (Lipinski definition) is 1. The molecule has 0 aromatic rings. The highest BCUT2D eigenvalue weighted by atomic mass is 32.2. The Labute approximate surface area is 139 Å². The van der Waals surface area contributed by atoms with E-state index in [-0.39, 0.29) is 18.2 Å². The van der Waals surface area contributed by atoms with E-state index in [1.165, 1.54) is 4.31 Å². The third kappa shape index (κ3) is 5.78. The minimum atomic E-state index is -4.00. The Balaban J connectivity index is 2.87. The molecule has 0 spiro atoms. The van der Waals surface area contributed by atoms with Crippen LogP contribution in [0.5, 0.6) is 0 Å². The zero-order valence-electron chi connectivity index (χ0n) is 14.5. The van der Waals surface area contributed by atoms with Crippen molar-refractivity contribution in [1.29, 1.82) is 0 Å². The van der Waals surface area contributed by atoms with Crippen molar-refractivity contribution in [2.75, 3.05) is 7.11 Å². The van der Waals surface area contributed by atoms with E-state index in [4.69, 9.17) is 9.47 Å². The van der Waals surface area contributed by atoms with Crippen molar-refractivity contribution in [2.24, 2.45) is 0 Å². The van der Waals surface area contributed by atoms with Crippen molar-refractivity contribution in [1.82, 2.24) is 9.03 Å². The maximum absolute atomic E-state index is 12.6. The highest BCUT2D eigenvalue weighted by Gasteiger charge is 2.42. The van der Waals surface area contributed by atoms with E-state index in [1.807, 2.05) is 4.72 Å². The smallest absolute Gasteiger partial charge is 0.422 e. The van der Waals surface area contributed by atoms with Crippen LogP contribution in [0.1, 0.15) is 47.0 Å². The molecule has 0 aromatic heterocycles. The first-order chi connectivity index (χ1) is 10.5. The highest BCUT2D eigenvalue weighted by Crippen LogP contribution is 2.31. The maximum Gasteiger partial charge on any atom is 0.422 e. The molecule has 8 heteroatoms. The highest BCUT2D eigenvalue weighted by molar-refractivity contribution is 7.87. The normalized spacial score (nSPS) is 23.0. The molecule has 0 aliphatic heterocycles. The molecule has 1 saturated carbocycles. The molecule has 134 valence electrons. The SMILES string of the molecule is C=CC[C@H](C)N([C@H]1C[C@@H](OC)C1)S(=O)(=O)NC(=O)OC(C)(C)C. The molecule has 1 atom stereocenters. The summed E-state index contributed by atoms with van der Waals surface area (Å²) in [6.45, 7) is 10.5. The molecule has 1 aliphatic carbocycles. The van der Waals surface area contributed by atoms with Gasteiger partial charge in [-0.05, 0) is 47.0 Å². The minimum absolute atomic E-state index is 0.0511. The zero-order valence-corrected chi connectivity index (χ0v) is 15.4. The monoisotopic (exact) mass is 348 g/mol. The van der Waals surface area contributed by atoms with Gasteiger partial charge in [-0.2, -0.15) is 12.7 Å². The minimum Gasteiger partial charge on any atom is -0.443 e. The number of hydrogen-bond acceptors (Lipinski definition) is 5. The van der Waals surface area contributed by atoms with E-state index in [2.05, 4.69) is 6.58 Å². The van der Waals surface area contributed by atoms with E-state index in [0.29, 0.717) is 19.3 Å². The molecule has 0 radical (unpaired) electrons. The molecular formula is C15H28N2O5S. The molecule has 0 saturated heterocycles. The third-order valence-corrected chi connectivity index (χ3v) is 5.23. The summed E-state index contributed by atoms with van der Waals surface area (Å²) < 4.78 is 38.8. The van der Waals surface area contributed by atoms with E-state index in [9.17, 15) is 13.2 Å².